The summed E-state index contributed by atoms with van der Waals surface area (Å²) in [6, 6.07) is 4.72. The average Bonchev–Trinajstić information content (AvgIpc) is 2.75. The molecular formula is C13H17N3O3S. The Hall–Kier alpha value is -1.73. The fourth-order valence-corrected chi connectivity index (χ4v) is 2.51. The summed E-state index contributed by atoms with van der Waals surface area (Å²) >= 11 is 0. The van der Waals surface area contributed by atoms with Crippen molar-refractivity contribution in [2.45, 2.75) is 38.0 Å². The molecule has 1 aromatic carbocycles. The van der Waals surface area contributed by atoms with Crippen molar-refractivity contribution in [3.8, 4) is 11.5 Å². The third kappa shape index (κ3) is 2.88. The first-order valence-electron chi connectivity index (χ1n) is 6.07. The average molecular weight is 295 g/mol. The van der Waals surface area contributed by atoms with Gasteiger partial charge in [0.25, 0.3) is 5.89 Å². The molecule has 108 valence electrons. The molecule has 1 aromatic heterocycles. The van der Waals surface area contributed by atoms with Crippen LogP contribution in [0.4, 0.5) is 0 Å². The molecule has 0 saturated heterocycles. The standard InChI is InChI=1S/C13H17N3O3S/c1-8-7-9(5-6-10(8)20(14,17)18)11-15-12(16-19-11)13(2,3)4/h5-7H,1-4H3,(H2,14,17,18). The van der Waals surface area contributed by atoms with Crippen molar-refractivity contribution in [3.63, 3.8) is 0 Å². The smallest absolute Gasteiger partial charge is 0.257 e. The molecule has 0 unspecified atom stereocenters. The Morgan fingerprint density at radius 2 is 1.90 bits per heavy atom. The lowest BCUT2D eigenvalue weighted by Crippen LogP contribution is -2.13. The van der Waals surface area contributed by atoms with Crippen LogP contribution in [0, 0.1) is 6.92 Å². The van der Waals surface area contributed by atoms with Crippen LogP contribution in [0.25, 0.3) is 11.5 Å². The molecule has 6 nitrogen and oxygen atoms in total. The minimum absolute atomic E-state index is 0.0943. The molecular weight excluding hydrogens is 278 g/mol. The van der Waals surface area contributed by atoms with Gasteiger partial charge in [-0.15, -0.1) is 0 Å². The van der Waals surface area contributed by atoms with E-state index in [1.54, 1.807) is 19.1 Å². The molecule has 2 N–H and O–H groups in total. The monoisotopic (exact) mass is 295 g/mol. The topological polar surface area (TPSA) is 99.1 Å². The van der Waals surface area contributed by atoms with Crippen molar-refractivity contribution in [3.05, 3.63) is 29.6 Å². The highest BCUT2D eigenvalue weighted by atomic mass is 32.2. The molecule has 0 bridgehead atoms. The number of sulfonamides is 1. The van der Waals surface area contributed by atoms with E-state index in [1.165, 1.54) is 6.07 Å². The van der Waals surface area contributed by atoms with Crippen molar-refractivity contribution >= 4 is 10.0 Å². The highest BCUT2D eigenvalue weighted by Gasteiger charge is 2.22. The number of nitrogens with two attached hydrogens (primary N) is 1. The summed E-state index contributed by atoms with van der Waals surface area (Å²) in [7, 11) is -3.72. The van der Waals surface area contributed by atoms with Crippen LogP contribution in [-0.4, -0.2) is 18.6 Å². The van der Waals surface area contributed by atoms with Gasteiger partial charge in [-0.25, -0.2) is 13.6 Å². The number of nitrogens with zero attached hydrogens (tertiary/aromatic N) is 2. The van der Waals surface area contributed by atoms with Crippen LogP contribution >= 0.6 is 0 Å². The molecule has 0 radical (unpaired) electrons. The Morgan fingerprint density at radius 3 is 2.35 bits per heavy atom. The van der Waals surface area contributed by atoms with E-state index in [9.17, 15) is 8.42 Å². The number of rotatable bonds is 2. The van der Waals surface area contributed by atoms with Crippen LogP contribution in [0.5, 0.6) is 0 Å². The van der Waals surface area contributed by atoms with E-state index in [0.717, 1.165) is 0 Å². The number of aromatic nitrogens is 2. The SMILES string of the molecule is Cc1cc(-c2nc(C(C)(C)C)no2)ccc1S(N)(=O)=O. The predicted molar refractivity (Wildman–Crippen MR) is 74.5 cm³/mol. The molecule has 7 heteroatoms. The van der Waals surface area contributed by atoms with Gasteiger partial charge in [0.15, 0.2) is 5.82 Å². The van der Waals surface area contributed by atoms with E-state index >= 15 is 0 Å². The zero-order chi connectivity index (χ0) is 15.1. The number of benzene rings is 1. The summed E-state index contributed by atoms with van der Waals surface area (Å²) < 4.78 is 27.9. The molecule has 0 aliphatic heterocycles. The van der Waals surface area contributed by atoms with Crippen LogP contribution < -0.4 is 5.14 Å². The second-order valence-corrected chi connectivity index (χ2v) is 7.23. The number of aryl methyl sites for hydroxylation is 1. The predicted octanol–water partition coefficient (Wildman–Crippen LogP) is 1.99. The number of primary sulfonamides is 1. The van der Waals surface area contributed by atoms with Gasteiger partial charge in [0.2, 0.25) is 10.0 Å². The zero-order valence-electron chi connectivity index (χ0n) is 11.8. The maximum atomic E-state index is 11.4. The van der Waals surface area contributed by atoms with Gasteiger partial charge >= 0.3 is 0 Å². The Kier molecular flexibility index (Phi) is 3.43. The van der Waals surface area contributed by atoms with Gasteiger partial charge in [-0.1, -0.05) is 25.9 Å². The van der Waals surface area contributed by atoms with E-state index in [4.69, 9.17) is 9.66 Å². The molecule has 0 aliphatic rings. The summed E-state index contributed by atoms with van der Waals surface area (Å²) in [5, 5.41) is 9.06. The van der Waals surface area contributed by atoms with Crippen LogP contribution in [0.3, 0.4) is 0 Å². The quantitative estimate of drug-likeness (QED) is 0.913. The molecule has 20 heavy (non-hydrogen) atoms. The van der Waals surface area contributed by atoms with Gasteiger partial charge in [-0.05, 0) is 30.7 Å². The van der Waals surface area contributed by atoms with Gasteiger partial charge in [-0.2, -0.15) is 4.98 Å². The Bertz CT molecular complexity index is 742. The first-order valence-corrected chi connectivity index (χ1v) is 7.62. The van der Waals surface area contributed by atoms with Crippen molar-refractivity contribution < 1.29 is 12.9 Å². The Labute approximate surface area is 118 Å². The summed E-state index contributed by atoms with van der Waals surface area (Å²) in [5.74, 6) is 0.958. The molecule has 2 aromatic rings. The third-order valence-corrected chi connectivity index (χ3v) is 3.90. The third-order valence-electron chi connectivity index (χ3n) is 2.83. The van der Waals surface area contributed by atoms with Crippen LogP contribution in [0.15, 0.2) is 27.6 Å². The van der Waals surface area contributed by atoms with Crippen molar-refractivity contribution in [1.29, 1.82) is 0 Å². The zero-order valence-corrected chi connectivity index (χ0v) is 12.7. The van der Waals surface area contributed by atoms with Gasteiger partial charge in [-0.3, -0.25) is 0 Å². The maximum absolute atomic E-state index is 11.4. The van der Waals surface area contributed by atoms with Crippen molar-refractivity contribution in [2.24, 2.45) is 5.14 Å². The Morgan fingerprint density at radius 1 is 1.25 bits per heavy atom. The first-order chi connectivity index (χ1) is 9.09. The fraction of sp³-hybridized carbons (Fsp3) is 0.385. The molecule has 0 fully saturated rings. The summed E-state index contributed by atoms with van der Waals surface area (Å²) in [6.45, 7) is 7.62. The highest BCUT2D eigenvalue weighted by molar-refractivity contribution is 7.89. The lowest BCUT2D eigenvalue weighted by Gasteiger charge is -2.10. The minimum Gasteiger partial charge on any atom is -0.334 e. The van der Waals surface area contributed by atoms with E-state index in [2.05, 4.69) is 10.1 Å². The fourth-order valence-electron chi connectivity index (χ4n) is 1.75. The lowest BCUT2D eigenvalue weighted by atomic mass is 9.96. The van der Waals surface area contributed by atoms with E-state index < -0.39 is 10.0 Å². The summed E-state index contributed by atoms with van der Waals surface area (Å²) in [6.07, 6.45) is 0. The number of hydrogen-bond donors (Lipinski definition) is 1. The second kappa shape index (κ2) is 4.68. The maximum Gasteiger partial charge on any atom is 0.257 e. The van der Waals surface area contributed by atoms with Crippen molar-refractivity contribution in [2.75, 3.05) is 0 Å². The molecule has 2 rings (SSSR count). The number of hydrogen-bond acceptors (Lipinski definition) is 5. The normalized spacial score (nSPS) is 12.7. The largest absolute Gasteiger partial charge is 0.334 e. The van der Waals surface area contributed by atoms with E-state index in [1.807, 2.05) is 20.8 Å². The second-order valence-electron chi connectivity index (χ2n) is 5.70. The van der Waals surface area contributed by atoms with E-state index in [-0.39, 0.29) is 10.3 Å². The van der Waals surface area contributed by atoms with Gasteiger partial charge in [0.1, 0.15) is 0 Å². The molecule has 0 spiro atoms. The van der Waals surface area contributed by atoms with Crippen LogP contribution in [-0.2, 0) is 15.4 Å². The lowest BCUT2D eigenvalue weighted by molar-refractivity contribution is 0.402. The van der Waals surface area contributed by atoms with Gasteiger partial charge in [0, 0.05) is 11.0 Å². The first kappa shape index (κ1) is 14.7. The van der Waals surface area contributed by atoms with Gasteiger partial charge in [0.05, 0.1) is 4.90 Å². The van der Waals surface area contributed by atoms with Gasteiger partial charge < -0.3 is 4.52 Å². The summed E-state index contributed by atoms with van der Waals surface area (Å²) in [4.78, 5) is 4.42. The molecule has 1 heterocycles. The molecule has 0 atom stereocenters. The highest BCUT2D eigenvalue weighted by Crippen LogP contribution is 2.26. The Balaban J connectivity index is 2.45. The van der Waals surface area contributed by atoms with E-state index in [0.29, 0.717) is 22.8 Å². The molecule has 0 amide bonds. The summed E-state index contributed by atoms with van der Waals surface area (Å²) in [5.41, 5.74) is 0.996. The van der Waals surface area contributed by atoms with Crippen molar-refractivity contribution in [1.82, 2.24) is 10.1 Å². The van der Waals surface area contributed by atoms with Crippen LogP contribution in [0.1, 0.15) is 32.2 Å². The molecule has 0 saturated carbocycles. The minimum atomic E-state index is -3.72. The van der Waals surface area contributed by atoms with Crippen LogP contribution in [0.2, 0.25) is 0 Å². The molecule has 0 aliphatic carbocycles.